The van der Waals surface area contributed by atoms with Gasteiger partial charge in [0.15, 0.2) is 5.78 Å². The number of carbonyl (C=O) groups excluding carboxylic acids is 1. The van der Waals surface area contributed by atoms with Crippen molar-refractivity contribution in [2.45, 2.75) is 11.3 Å². The van der Waals surface area contributed by atoms with Gasteiger partial charge in [-0.25, -0.2) is 18.5 Å². The number of aromatic nitrogens is 2. The average Bonchev–Trinajstić information content (AvgIpc) is 3.20. The number of imidazole rings is 1. The lowest BCUT2D eigenvalue weighted by Gasteiger charge is -2.08. The minimum Gasteiger partial charge on any atom is -0.299 e. The fourth-order valence-corrected chi connectivity index (χ4v) is 3.82. The molecule has 156 valence electrons. The number of benzene rings is 3. The maximum absolute atomic E-state index is 12.9. The van der Waals surface area contributed by atoms with Gasteiger partial charge in [0.05, 0.1) is 4.90 Å². The van der Waals surface area contributed by atoms with Gasteiger partial charge in [0.25, 0.3) is 0 Å². The Morgan fingerprint density at radius 2 is 1.58 bits per heavy atom. The van der Waals surface area contributed by atoms with E-state index >= 15 is 0 Å². The molecule has 1 heterocycles. The number of primary sulfonamides is 1. The van der Waals surface area contributed by atoms with Crippen molar-refractivity contribution < 1.29 is 13.2 Å². The van der Waals surface area contributed by atoms with Crippen molar-refractivity contribution >= 4 is 27.4 Å². The van der Waals surface area contributed by atoms with Crippen LogP contribution in [0.4, 0.5) is 0 Å². The van der Waals surface area contributed by atoms with E-state index in [1.54, 1.807) is 35.0 Å². The normalized spacial score (nSPS) is 11.4. The number of sulfonamides is 1. The summed E-state index contributed by atoms with van der Waals surface area (Å²) in [7, 11) is -3.81. The first-order chi connectivity index (χ1) is 14.8. The fourth-order valence-electron chi connectivity index (χ4n) is 3.18. The molecule has 0 unspecified atom stereocenters. The summed E-state index contributed by atoms with van der Waals surface area (Å²) in [5, 5.41) is 5.78. The molecule has 4 aromatic rings. The predicted octanol–water partition coefficient (Wildman–Crippen LogP) is 4.27. The second-order valence-corrected chi connectivity index (χ2v) is 8.95. The Kier molecular flexibility index (Phi) is 5.73. The van der Waals surface area contributed by atoms with Crippen molar-refractivity contribution in [1.82, 2.24) is 9.55 Å². The molecule has 2 N–H and O–H groups in total. The Balaban J connectivity index is 1.77. The molecule has 0 amide bonds. The summed E-state index contributed by atoms with van der Waals surface area (Å²) in [6.07, 6.45) is 1.88. The van der Waals surface area contributed by atoms with E-state index in [9.17, 15) is 13.2 Å². The Hall–Kier alpha value is -3.26. The number of nitrogens with zero attached hydrogens (tertiary/aromatic N) is 2. The van der Waals surface area contributed by atoms with Crippen molar-refractivity contribution in [3.05, 3.63) is 101 Å². The van der Waals surface area contributed by atoms with Crippen LogP contribution in [-0.4, -0.2) is 23.8 Å². The minimum atomic E-state index is -3.81. The third-order valence-electron chi connectivity index (χ3n) is 4.74. The van der Waals surface area contributed by atoms with E-state index in [1.165, 1.54) is 12.1 Å². The quantitative estimate of drug-likeness (QED) is 0.443. The summed E-state index contributed by atoms with van der Waals surface area (Å²) in [5.74, 6) is 0.415. The molecule has 0 bridgehead atoms. The van der Waals surface area contributed by atoms with Gasteiger partial charge in [-0.2, -0.15) is 0 Å². The highest BCUT2D eigenvalue weighted by Gasteiger charge is 2.18. The lowest BCUT2D eigenvalue weighted by atomic mass is 10.1. The van der Waals surface area contributed by atoms with E-state index in [-0.39, 0.29) is 17.1 Å². The topological polar surface area (TPSA) is 95.0 Å². The number of hydrogen-bond donors (Lipinski definition) is 1. The number of rotatable bonds is 6. The zero-order chi connectivity index (χ0) is 22.0. The number of hydrogen-bond acceptors (Lipinski definition) is 4. The molecule has 0 aliphatic rings. The van der Waals surface area contributed by atoms with Crippen molar-refractivity contribution in [1.29, 1.82) is 0 Å². The Morgan fingerprint density at radius 1 is 0.935 bits per heavy atom. The maximum atomic E-state index is 12.9. The first-order valence-corrected chi connectivity index (χ1v) is 11.3. The number of nitrogens with two attached hydrogens (primary N) is 1. The SMILES string of the molecule is NS(=O)(=O)c1ccc(-n2cc(C(=O)Cc3ccccc3)nc2-c2ccc(Cl)cc2)cc1. The van der Waals surface area contributed by atoms with Gasteiger partial charge in [-0.3, -0.25) is 9.36 Å². The molecule has 1 aromatic heterocycles. The molecule has 6 nitrogen and oxygen atoms in total. The zero-order valence-electron chi connectivity index (χ0n) is 16.3. The molecule has 0 aliphatic heterocycles. The van der Waals surface area contributed by atoms with Crippen LogP contribution in [0.5, 0.6) is 0 Å². The van der Waals surface area contributed by atoms with Crippen LogP contribution in [-0.2, 0) is 16.4 Å². The molecule has 31 heavy (non-hydrogen) atoms. The van der Waals surface area contributed by atoms with E-state index in [4.69, 9.17) is 16.7 Å². The van der Waals surface area contributed by atoms with Crippen molar-refractivity contribution in [3.63, 3.8) is 0 Å². The molecule has 8 heteroatoms. The first-order valence-electron chi connectivity index (χ1n) is 9.37. The summed E-state index contributed by atoms with van der Waals surface area (Å²) in [6.45, 7) is 0. The van der Waals surface area contributed by atoms with Crippen LogP contribution in [0.2, 0.25) is 5.02 Å². The molecular formula is C23H18ClN3O3S. The number of Topliss-reactive ketones (excluding diaryl/α,β-unsaturated/α-hetero) is 1. The summed E-state index contributed by atoms with van der Waals surface area (Å²) < 4.78 is 24.9. The molecule has 0 spiro atoms. The molecule has 4 rings (SSSR count). The van der Waals surface area contributed by atoms with Gasteiger partial charge in [-0.05, 0) is 54.1 Å². The molecular weight excluding hydrogens is 434 g/mol. The Bertz CT molecular complexity index is 1330. The molecule has 0 atom stereocenters. The highest BCUT2D eigenvalue weighted by molar-refractivity contribution is 7.89. The van der Waals surface area contributed by atoms with Crippen LogP contribution in [0.25, 0.3) is 17.1 Å². The summed E-state index contributed by atoms with van der Waals surface area (Å²) >= 11 is 6.01. The molecule has 0 fully saturated rings. The fraction of sp³-hybridized carbons (Fsp3) is 0.0435. The third-order valence-corrected chi connectivity index (χ3v) is 5.93. The van der Waals surface area contributed by atoms with Gasteiger partial charge >= 0.3 is 0 Å². The van der Waals surface area contributed by atoms with E-state index in [2.05, 4.69) is 4.98 Å². The largest absolute Gasteiger partial charge is 0.299 e. The highest BCUT2D eigenvalue weighted by atomic mass is 35.5. The maximum Gasteiger partial charge on any atom is 0.238 e. The van der Waals surface area contributed by atoms with Crippen LogP contribution in [0.15, 0.2) is 90.0 Å². The average molecular weight is 452 g/mol. The predicted molar refractivity (Wildman–Crippen MR) is 120 cm³/mol. The van der Waals surface area contributed by atoms with Gasteiger partial charge in [0.1, 0.15) is 11.5 Å². The Labute approximate surface area is 185 Å². The Morgan fingerprint density at radius 3 is 2.19 bits per heavy atom. The summed E-state index contributed by atoms with van der Waals surface area (Å²) in [4.78, 5) is 17.5. The van der Waals surface area contributed by atoms with Crippen molar-refractivity contribution in [3.8, 4) is 17.1 Å². The van der Waals surface area contributed by atoms with Crippen LogP contribution >= 0.6 is 11.6 Å². The van der Waals surface area contributed by atoms with E-state index in [1.807, 2.05) is 42.5 Å². The minimum absolute atomic E-state index is 0.00443. The lowest BCUT2D eigenvalue weighted by Crippen LogP contribution is -2.12. The van der Waals surface area contributed by atoms with Gasteiger partial charge in [0, 0.05) is 28.9 Å². The van der Waals surface area contributed by atoms with Crippen LogP contribution in [0.3, 0.4) is 0 Å². The van der Waals surface area contributed by atoms with Gasteiger partial charge in [-0.1, -0.05) is 41.9 Å². The highest BCUT2D eigenvalue weighted by Crippen LogP contribution is 2.26. The number of halogens is 1. The summed E-state index contributed by atoms with van der Waals surface area (Å²) in [6, 6.07) is 22.6. The molecule has 0 saturated heterocycles. The monoisotopic (exact) mass is 451 g/mol. The summed E-state index contributed by atoms with van der Waals surface area (Å²) in [5.41, 5.74) is 2.61. The second kappa shape index (κ2) is 8.47. The van der Waals surface area contributed by atoms with Gasteiger partial charge < -0.3 is 0 Å². The van der Waals surface area contributed by atoms with Crippen LogP contribution < -0.4 is 5.14 Å². The molecule has 3 aromatic carbocycles. The zero-order valence-corrected chi connectivity index (χ0v) is 17.8. The van der Waals surface area contributed by atoms with Crippen LogP contribution in [0.1, 0.15) is 16.1 Å². The van der Waals surface area contributed by atoms with E-state index in [0.717, 1.165) is 11.1 Å². The lowest BCUT2D eigenvalue weighted by molar-refractivity contribution is 0.0988. The molecule has 0 aliphatic carbocycles. The first kappa shape index (κ1) is 21.0. The van der Waals surface area contributed by atoms with E-state index < -0.39 is 10.0 Å². The van der Waals surface area contributed by atoms with Crippen molar-refractivity contribution in [2.24, 2.45) is 5.14 Å². The van der Waals surface area contributed by atoms with Gasteiger partial charge in [0.2, 0.25) is 10.0 Å². The smallest absolute Gasteiger partial charge is 0.238 e. The molecule has 0 saturated carbocycles. The standard InChI is InChI=1S/C23H18ClN3O3S/c24-18-8-6-17(7-9-18)23-26-21(22(28)14-16-4-2-1-3-5-16)15-27(23)19-10-12-20(13-11-19)31(25,29)30/h1-13,15H,14H2,(H2,25,29,30). The third kappa shape index (κ3) is 4.74. The van der Waals surface area contributed by atoms with Gasteiger partial charge in [-0.15, -0.1) is 0 Å². The number of carbonyl (C=O) groups is 1. The van der Waals surface area contributed by atoms with Crippen LogP contribution in [0, 0.1) is 0 Å². The number of ketones is 1. The van der Waals surface area contributed by atoms with Crippen molar-refractivity contribution in [2.75, 3.05) is 0 Å². The van der Waals surface area contributed by atoms with E-state index in [0.29, 0.717) is 22.2 Å². The molecule has 0 radical (unpaired) electrons. The second-order valence-electron chi connectivity index (χ2n) is 6.95.